The van der Waals surface area contributed by atoms with Crippen molar-refractivity contribution in [3.8, 4) is 0 Å². The van der Waals surface area contributed by atoms with E-state index in [-0.39, 0.29) is 0 Å². The highest BCUT2D eigenvalue weighted by Gasteiger charge is 2.51. The molecule has 2 unspecified atom stereocenters. The van der Waals surface area contributed by atoms with Gasteiger partial charge in [0.2, 0.25) is 0 Å². The van der Waals surface area contributed by atoms with Crippen molar-refractivity contribution in [3.05, 3.63) is 10.4 Å². The van der Waals surface area contributed by atoms with Gasteiger partial charge in [-0.1, -0.05) is 5.11 Å². The molecule has 0 radical (unpaired) electrons. The summed E-state index contributed by atoms with van der Waals surface area (Å²) in [6.45, 7) is 3.65. The molecule has 0 aromatic carbocycles. The quantitative estimate of drug-likeness (QED) is 0.314. The SMILES string of the molecule is CC1CC(NCCCN=[N+]=[N-])(C(=O)O)CN1C1CC1. The first-order valence-corrected chi connectivity index (χ1v) is 6.84. The second kappa shape index (κ2) is 5.77. The summed E-state index contributed by atoms with van der Waals surface area (Å²) in [5.41, 5.74) is 7.36. The molecule has 2 N–H and O–H groups in total. The van der Waals surface area contributed by atoms with Gasteiger partial charge >= 0.3 is 5.97 Å². The average molecular weight is 267 g/mol. The standard InChI is InChI=1S/C12H21N5O2/c1-9-7-12(11(18)19,8-17(9)10-3-4-10)14-5-2-6-15-16-13/h9-10,14H,2-8H2,1H3,(H,18,19). The maximum Gasteiger partial charge on any atom is 0.325 e. The normalized spacial score (nSPS) is 31.1. The molecule has 0 aromatic heterocycles. The molecule has 2 rings (SSSR count). The summed E-state index contributed by atoms with van der Waals surface area (Å²) in [6, 6.07) is 0.898. The minimum atomic E-state index is -0.835. The molecule has 2 fully saturated rings. The van der Waals surface area contributed by atoms with Crippen LogP contribution in [0.1, 0.15) is 32.6 Å². The number of likely N-dealkylation sites (tertiary alicyclic amines) is 1. The number of nitrogens with zero attached hydrogens (tertiary/aromatic N) is 4. The Labute approximate surface area is 112 Å². The molecule has 7 heteroatoms. The third kappa shape index (κ3) is 3.18. The van der Waals surface area contributed by atoms with Crippen molar-refractivity contribution >= 4 is 5.97 Å². The topological polar surface area (TPSA) is 101 Å². The fraction of sp³-hybridized carbons (Fsp3) is 0.917. The van der Waals surface area contributed by atoms with Gasteiger partial charge in [-0.05, 0) is 44.7 Å². The largest absolute Gasteiger partial charge is 0.480 e. The predicted octanol–water partition coefficient (Wildman–Crippen LogP) is 1.36. The average Bonchev–Trinajstić information content (AvgIpc) is 3.14. The predicted molar refractivity (Wildman–Crippen MR) is 70.8 cm³/mol. The molecule has 19 heavy (non-hydrogen) atoms. The van der Waals surface area contributed by atoms with Gasteiger partial charge in [-0.15, -0.1) is 0 Å². The highest BCUT2D eigenvalue weighted by atomic mass is 16.4. The van der Waals surface area contributed by atoms with Gasteiger partial charge in [0.15, 0.2) is 0 Å². The Balaban J connectivity index is 1.91. The number of hydrogen-bond donors (Lipinski definition) is 2. The van der Waals surface area contributed by atoms with Crippen LogP contribution >= 0.6 is 0 Å². The van der Waals surface area contributed by atoms with E-state index in [0.29, 0.717) is 44.6 Å². The third-order valence-electron chi connectivity index (χ3n) is 4.05. The van der Waals surface area contributed by atoms with E-state index in [1.54, 1.807) is 0 Å². The van der Waals surface area contributed by atoms with Gasteiger partial charge in [0.25, 0.3) is 0 Å². The molecule has 1 aliphatic carbocycles. The molecule has 0 spiro atoms. The summed E-state index contributed by atoms with van der Waals surface area (Å²) < 4.78 is 0. The van der Waals surface area contributed by atoms with E-state index in [9.17, 15) is 9.90 Å². The Hall–Kier alpha value is -1.30. The summed E-state index contributed by atoms with van der Waals surface area (Å²) >= 11 is 0. The van der Waals surface area contributed by atoms with Crippen LogP contribution in [0.25, 0.3) is 10.4 Å². The molecule has 7 nitrogen and oxygen atoms in total. The summed E-state index contributed by atoms with van der Waals surface area (Å²) in [6.07, 6.45) is 3.69. The zero-order valence-corrected chi connectivity index (χ0v) is 11.2. The van der Waals surface area contributed by atoms with E-state index in [1.165, 1.54) is 12.8 Å². The number of rotatable bonds is 7. The molecular formula is C12H21N5O2. The van der Waals surface area contributed by atoms with Crippen molar-refractivity contribution in [1.82, 2.24) is 10.2 Å². The molecule has 0 bridgehead atoms. The van der Waals surface area contributed by atoms with Crippen molar-refractivity contribution in [2.75, 3.05) is 19.6 Å². The van der Waals surface area contributed by atoms with E-state index in [1.807, 2.05) is 0 Å². The molecule has 106 valence electrons. The number of hydrogen-bond acceptors (Lipinski definition) is 4. The molecule has 2 atom stereocenters. The van der Waals surface area contributed by atoms with E-state index in [0.717, 1.165) is 0 Å². The highest BCUT2D eigenvalue weighted by molar-refractivity contribution is 5.80. The molecule has 0 amide bonds. The summed E-state index contributed by atoms with van der Waals surface area (Å²) in [5.74, 6) is -0.772. The van der Waals surface area contributed by atoms with Crippen LogP contribution in [0.2, 0.25) is 0 Å². The minimum absolute atomic E-state index is 0.313. The molecule has 0 aromatic rings. The minimum Gasteiger partial charge on any atom is -0.480 e. The zero-order chi connectivity index (χ0) is 13.9. The summed E-state index contributed by atoms with van der Waals surface area (Å²) in [5, 5.41) is 16.2. The van der Waals surface area contributed by atoms with Crippen molar-refractivity contribution in [2.24, 2.45) is 5.11 Å². The lowest BCUT2D eigenvalue weighted by atomic mass is 9.96. The number of aliphatic carboxylic acids is 1. The van der Waals surface area contributed by atoms with E-state index >= 15 is 0 Å². The maximum atomic E-state index is 11.6. The number of carbonyl (C=O) groups is 1. The fourth-order valence-electron chi connectivity index (χ4n) is 2.93. The van der Waals surface area contributed by atoms with Crippen molar-refractivity contribution < 1.29 is 9.90 Å². The molecule has 1 saturated carbocycles. The van der Waals surface area contributed by atoms with Crippen molar-refractivity contribution in [1.29, 1.82) is 0 Å². The van der Waals surface area contributed by atoms with Crippen molar-refractivity contribution in [3.63, 3.8) is 0 Å². The van der Waals surface area contributed by atoms with Crippen LogP contribution in [-0.2, 0) is 4.79 Å². The maximum absolute atomic E-state index is 11.6. The Kier molecular flexibility index (Phi) is 4.29. The zero-order valence-electron chi connectivity index (χ0n) is 11.2. The van der Waals surface area contributed by atoms with Crippen LogP contribution in [0, 0.1) is 0 Å². The van der Waals surface area contributed by atoms with Gasteiger partial charge in [-0.3, -0.25) is 9.69 Å². The lowest BCUT2D eigenvalue weighted by Crippen LogP contribution is -2.54. The monoisotopic (exact) mass is 267 g/mol. The van der Waals surface area contributed by atoms with Crippen LogP contribution in [0.3, 0.4) is 0 Å². The Bertz CT molecular complexity index is 392. The van der Waals surface area contributed by atoms with Crippen LogP contribution in [0.4, 0.5) is 0 Å². The first-order valence-electron chi connectivity index (χ1n) is 6.84. The van der Waals surface area contributed by atoms with Crippen LogP contribution < -0.4 is 5.32 Å². The Morgan fingerprint density at radius 2 is 2.37 bits per heavy atom. The van der Waals surface area contributed by atoms with E-state index in [2.05, 4.69) is 27.2 Å². The lowest BCUT2D eigenvalue weighted by molar-refractivity contribution is -0.144. The Morgan fingerprint density at radius 3 is 2.95 bits per heavy atom. The number of carboxylic acid groups (broad SMARTS) is 1. The number of azide groups is 1. The number of nitrogens with one attached hydrogen (secondary N) is 1. The second-order valence-corrected chi connectivity index (χ2v) is 5.58. The second-order valence-electron chi connectivity index (χ2n) is 5.58. The lowest BCUT2D eigenvalue weighted by Gasteiger charge is -2.26. The van der Waals surface area contributed by atoms with E-state index < -0.39 is 11.5 Å². The van der Waals surface area contributed by atoms with Crippen LogP contribution in [-0.4, -0.2) is 53.2 Å². The number of carboxylic acids is 1. The van der Waals surface area contributed by atoms with Gasteiger partial charge in [0.1, 0.15) is 5.54 Å². The van der Waals surface area contributed by atoms with Crippen LogP contribution in [0.15, 0.2) is 5.11 Å². The summed E-state index contributed by atoms with van der Waals surface area (Å²) in [7, 11) is 0. The van der Waals surface area contributed by atoms with Gasteiger partial charge in [0, 0.05) is 30.1 Å². The molecular weight excluding hydrogens is 246 g/mol. The molecule has 1 heterocycles. The van der Waals surface area contributed by atoms with Gasteiger partial charge in [-0.25, -0.2) is 0 Å². The smallest absolute Gasteiger partial charge is 0.325 e. The van der Waals surface area contributed by atoms with Gasteiger partial charge in [0.05, 0.1) is 0 Å². The van der Waals surface area contributed by atoms with Crippen LogP contribution in [0.5, 0.6) is 0 Å². The van der Waals surface area contributed by atoms with E-state index in [4.69, 9.17) is 5.53 Å². The first kappa shape index (κ1) is 14.1. The Morgan fingerprint density at radius 1 is 1.63 bits per heavy atom. The molecule has 1 aliphatic heterocycles. The van der Waals surface area contributed by atoms with Gasteiger partial charge in [-0.2, -0.15) is 0 Å². The summed E-state index contributed by atoms with van der Waals surface area (Å²) in [4.78, 5) is 16.6. The fourth-order valence-corrected chi connectivity index (χ4v) is 2.93. The van der Waals surface area contributed by atoms with Crippen molar-refractivity contribution in [2.45, 2.75) is 50.2 Å². The van der Waals surface area contributed by atoms with Gasteiger partial charge < -0.3 is 10.4 Å². The molecule has 2 aliphatic rings. The highest BCUT2D eigenvalue weighted by Crippen LogP contribution is 2.37. The first-order chi connectivity index (χ1) is 9.09. The third-order valence-corrected chi connectivity index (χ3v) is 4.05. The molecule has 1 saturated heterocycles.